The molecule has 0 fully saturated rings. The van der Waals surface area contributed by atoms with E-state index in [1.54, 1.807) is 12.1 Å². The van der Waals surface area contributed by atoms with Crippen LogP contribution in [0.4, 0.5) is 0 Å². The van der Waals surface area contributed by atoms with Crippen molar-refractivity contribution in [1.29, 1.82) is 0 Å². The molecule has 1 aliphatic rings. The summed E-state index contributed by atoms with van der Waals surface area (Å²) in [6.07, 6.45) is 0. The number of carboxylic acids is 1. The molecule has 6 nitrogen and oxygen atoms in total. The van der Waals surface area contributed by atoms with Gasteiger partial charge in [-0.05, 0) is 23.3 Å². The lowest BCUT2D eigenvalue weighted by Gasteiger charge is -2.13. The fraction of sp³-hybridized carbons (Fsp3) is 0.364. The number of hydrogen-bond donors (Lipinski definition) is 2. The normalized spacial score (nSPS) is 14.7. The van der Waals surface area contributed by atoms with E-state index in [0.29, 0.717) is 22.6 Å². The smallest absolute Gasteiger partial charge is 0.325 e. The molecule has 2 rings (SSSR count). The molecule has 1 atom stereocenters. The van der Waals surface area contributed by atoms with Gasteiger partial charge in [0.1, 0.15) is 6.04 Å². The Labute approximate surface area is 97.9 Å². The number of aliphatic carboxylic acids is 1. The average molecular weight is 239 g/mol. The molecular weight excluding hydrogens is 226 g/mol. The minimum atomic E-state index is -1.10. The molecule has 1 aliphatic heterocycles. The monoisotopic (exact) mass is 239 g/mol. The van der Waals surface area contributed by atoms with Crippen LogP contribution in [-0.2, 0) is 16.1 Å². The number of carboxylic acid groups (broad SMARTS) is 1. The van der Waals surface area contributed by atoms with Gasteiger partial charge in [0.25, 0.3) is 0 Å². The fourth-order valence-corrected chi connectivity index (χ4v) is 1.70. The minimum absolute atomic E-state index is 0.132. The van der Waals surface area contributed by atoms with Gasteiger partial charge in [0, 0.05) is 7.11 Å². The molecule has 0 aromatic heterocycles. The summed E-state index contributed by atoms with van der Waals surface area (Å²) in [4.78, 5) is 10.9. The van der Waals surface area contributed by atoms with Crippen LogP contribution in [0.15, 0.2) is 12.1 Å². The molecule has 0 radical (unpaired) electrons. The summed E-state index contributed by atoms with van der Waals surface area (Å²) in [6.45, 7) is 0.403. The molecule has 92 valence electrons. The number of methoxy groups -OCH3 is 1. The van der Waals surface area contributed by atoms with Gasteiger partial charge < -0.3 is 25.1 Å². The SMILES string of the molecule is COCc1cc2c(cc1C(N)C(=O)O)OCO2. The van der Waals surface area contributed by atoms with E-state index in [4.69, 9.17) is 25.1 Å². The first-order chi connectivity index (χ1) is 8.13. The van der Waals surface area contributed by atoms with Crippen LogP contribution in [0.25, 0.3) is 0 Å². The third-order valence-corrected chi connectivity index (χ3v) is 2.54. The molecule has 3 N–H and O–H groups in total. The molecule has 0 amide bonds. The highest BCUT2D eigenvalue weighted by Gasteiger charge is 2.23. The van der Waals surface area contributed by atoms with E-state index >= 15 is 0 Å². The molecule has 0 bridgehead atoms. The van der Waals surface area contributed by atoms with Crippen LogP contribution in [0.3, 0.4) is 0 Å². The third kappa shape index (κ3) is 2.17. The Bertz CT molecular complexity index is 446. The summed E-state index contributed by atoms with van der Waals surface area (Å²) in [6, 6.07) is 2.19. The van der Waals surface area contributed by atoms with Gasteiger partial charge in [0.2, 0.25) is 6.79 Å². The van der Waals surface area contributed by atoms with Gasteiger partial charge in [-0.15, -0.1) is 0 Å². The van der Waals surface area contributed by atoms with Crippen LogP contribution in [0.1, 0.15) is 17.2 Å². The van der Waals surface area contributed by atoms with Gasteiger partial charge in [-0.1, -0.05) is 0 Å². The predicted octanol–water partition coefficient (Wildman–Crippen LogP) is 0.646. The third-order valence-electron chi connectivity index (χ3n) is 2.54. The standard InChI is InChI=1S/C11H13NO5/c1-15-4-6-2-8-9(17-5-16-8)3-7(6)10(12)11(13)14/h2-3,10H,4-5,12H2,1H3,(H,13,14). The van der Waals surface area contributed by atoms with E-state index in [9.17, 15) is 4.79 Å². The first-order valence-electron chi connectivity index (χ1n) is 5.03. The van der Waals surface area contributed by atoms with E-state index in [0.717, 1.165) is 0 Å². The Morgan fingerprint density at radius 2 is 2.18 bits per heavy atom. The summed E-state index contributed by atoms with van der Waals surface area (Å²) in [5, 5.41) is 8.94. The lowest BCUT2D eigenvalue weighted by Crippen LogP contribution is -2.22. The van der Waals surface area contributed by atoms with Crippen LogP contribution in [0.5, 0.6) is 11.5 Å². The highest BCUT2D eigenvalue weighted by Crippen LogP contribution is 2.36. The number of carbonyl (C=O) groups is 1. The van der Waals surface area contributed by atoms with Crippen molar-refractivity contribution in [2.75, 3.05) is 13.9 Å². The molecule has 0 aliphatic carbocycles. The quantitative estimate of drug-likeness (QED) is 0.801. The number of fused-ring (bicyclic) bond motifs is 1. The van der Waals surface area contributed by atoms with Crippen LogP contribution in [0, 0.1) is 0 Å². The summed E-state index contributed by atoms with van der Waals surface area (Å²) in [7, 11) is 1.53. The van der Waals surface area contributed by atoms with Crippen molar-refractivity contribution in [1.82, 2.24) is 0 Å². The molecule has 0 spiro atoms. The van der Waals surface area contributed by atoms with Crippen molar-refractivity contribution in [3.63, 3.8) is 0 Å². The van der Waals surface area contributed by atoms with Gasteiger partial charge in [0.15, 0.2) is 11.5 Å². The van der Waals surface area contributed by atoms with Crippen molar-refractivity contribution in [3.05, 3.63) is 23.3 Å². The van der Waals surface area contributed by atoms with Gasteiger partial charge >= 0.3 is 5.97 Å². The second-order valence-corrected chi connectivity index (χ2v) is 3.65. The van der Waals surface area contributed by atoms with Crippen molar-refractivity contribution in [2.24, 2.45) is 5.73 Å². The van der Waals surface area contributed by atoms with Crippen molar-refractivity contribution in [3.8, 4) is 11.5 Å². The van der Waals surface area contributed by atoms with Crippen LogP contribution < -0.4 is 15.2 Å². The van der Waals surface area contributed by atoms with Gasteiger partial charge in [-0.25, -0.2) is 0 Å². The maximum absolute atomic E-state index is 10.9. The van der Waals surface area contributed by atoms with Gasteiger partial charge in [-0.2, -0.15) is 0 Å². The van der Waals surface area contributed by atoms with E-state index in [2.05, 4.69) is 0 Å². The first kappa shape index (κ1) is 11.7. The topological polar surface area (TPSA) is 91.0 Å². The minimum Gasteiger partial charge on any atom is -0.480 e. The maximum atomic E-state index is 10.9. The predicted molar refractivity (Wildman–Crippen MR) is 57.8 cm³/mol. The molecule has 17 heavy (non-hydrogen) atoms. The largest absolute Gasteiger partial charge is 0.480 e. The zero-order chi connectivity index (χ0) is 12.4. The van der Waals surface area contributed by atoms with Crippen LogP contribution >= 0.6 is 0 Å². The molecule has 1 aromatic rings. The fourth-order valence-electron chi connectivity index (χ4n) is 1.70. The maximum Gasteiger partial charge on any atom is 0.325 e. The molecule has 0 saturated carbocycles. The highest BCUT2D eigenvalue weighted by atomic mass is 16.7. The molecule has 6 heteroatoms. The lowest BCUT2D eigenvalue weighted by atomic mass is 10.0. The van der Waals surface area contributed by atoms with Gasteiger partial charge in [-0.3, -0.25) is 4.79 Å². The van der Waals surface area contributed by atoms with E-state index in [1.807, 2.05) is 0 Å². The number of ether oxygens (including phenoxy) is 3. The van der Waals surface area contributed by atoms with Crippen LogP contribution in [-0.4, -0.2) is 25.0 Å². The van der Waals surface area contributed by atoms with E-state index in [1.165, 1.54) is 7.11 Å². The number of rotatable bonds is 4. The zero-order valence-corrected chi connectivity index (χ0v) is 9.30. The summed E-state index contributed by atoms with van der Waals surface area (Å²) < 4.78 is 15.4. The van der Waals surface area contributed by atoms with E-state index in [-0.39, 0.29) is 13.4 Å². The second-order valence-electron chi connectivity index (χ2n) is 3.65. The van der Waals surface area contributed by atoms with Crippen LogP contribution in [0.2, 0.25) is 0 Å². The number of nitrogens with two attached hydrogens (primary N) is 1. The molecule has 1 heterocycles. The Morgan fingerprint density at radius 3 is 2.76 bits per heavy atom. The Morgan fingerprint density at radius 1 is 1.53 bits per heavy atom. The van der Waals surface area contributed by atoms with E-state index < -0.39 is 12.0 Å². The Kier molecular flexibility index (Phi) is 3.16. The zero-order valence-electron chi connectivity index (χ0n) is 9.30. The van der Waals surface area contributed by atoms with Crippen molar-refractivity contribution < 1.29 is 24.1 Å². The number of hydrogen-bond acceptors (Lipinski definition) is 5. The summed E-state index contributed by atoms with van der Waals surface area (Å²) >= 11 is 0. The second kappa shape index (κ2) is 4.60. The van der Waals surface area contributed by atoms with Crippen molar-refractivity contribution in [2.45, 2.75) is 12.6 Å². The highest BCUT2D eigenvalue weighted by molar-refractivity contribution is 5.76. The first-order valence-corrected chi connectivity index (χ1v) is 5.03. The average Bonchev–Trinajstić information content (AvgIpc) is 2.74. The lowest BCUT2D eigenvalue weighted by molar-refractivity contribution is -0.138. The molecule has 1 aromatic carbocycles. The Hall–Kier alpha value is -1.79. The molecule has 0 saturated heterocycles. The Balaban J connectivity index is 2.44. The summed E-state index contributed by atoms with van der Waals surface area (Å²) in [5.74, 6) is -0.00356. The molecular formula is C11H13NO5. The molecule has 1 unspecified atom stereocenters. The van der Waals surface area contributed by atoms with Gasteiger partial charge in [0.05, 0.1) is 6.61 Å². The van der Waals surface area contributed by atoms with Crippen molar-refractivity contribution >= 4 is 5.97 Å². The summed E-state index contributed by atoms with van der Waals surface area (Å²) in [5.41, 5.74) is 6.77. The number of benzene rings is 1.